The lowest BCUT2D eigenvalue weighted by molar-refractivity contribution is 0.0629. The van der Waals surface area contributed by atoms with E-state index in [1.54, 1.807) is 12.3 Å². The summed E-state index contributed by atoms with van der Waals surface area (Å²) in [5, 5.41) is 0. The first-order valence-corrected chi connectivity index (χ1v) is 7.00. The molecule has 1 aromatic rings. The molecule has 1 fully saturated rings. The van der Waals surface area contributed by atoms with Gasteiger partial charge in [-0.25, -0.2) is 0 Å². The van der Waals surface area contributed by atoms with E-state index >= 15 is 0 Å². The first-order valence-electron chi connectivity index (χ1n) is 7.00. The number of carbonyl (C=O) groups excluding carboxylic acids is 1. The highest BCUT2D eigenvalue weighted by atomic mass is 16.2. The number of nitrogen functional groups attached to an aromatic ring is 1. The van der Waals surface area contributed by atoms with Crippen molar-refractivity contribution in [3.8, 4) is 0 Å². The summed E-state index contributed by atoms with van der Waals surface area (Å²) in [6.45, 7) is 4.10. The minimum atomic E-state index is -0.0104. The summed E-state index contributed by atoms with van der Waals surface area (Å²) in [7, 11) is 1.88. The fraction of sp³-hybridized carbons (Fsp3) is 0.600. The van der Waals surface area contributed by atoms with Gasteiger partial charge in [0, 0.05) is 30.7 Å². The minimum Gasteiger partial charge on any atom is -0.398 e. The van der Waals surface area contributed by atoms with E-state index in [0.29, 0.717) is 23.2 Å². The van der Waals surface area contributed by atoms with Gasteiger partial charge in [0.2, 0.25) is 0 Å². The number of pyridine rings is 1. The summed E-state index contributed by atoms with van der Waals surface area (Å²) < 4.78 is 0. The Kier molecular flexibility index (Phi) is 4.08. The van der Waals surface area contributed by atoms with Gasteiger partial charge in [-0.2, -0.15) is 0 Å². The molecule has 0 saturated heterocycles. The van der Waals surface area contributed by atoms with Crippen molar-refractivity contribution in [1.82, 2.24) is 9.88 Å². The van der Waals surface area contributed by atoms with Crippen LogP contribution in [0.2, 0.25) is 0 Å². The van der Waals surface area contributed by atoms with Crippen LogP contribution >= 0.6 is 0 Å². The van der Waals surface area contributed by atoms with Crippen LogP contribution in [0.4, 0.5) is 5.69 Å². The van der Waals surface area contributed by atoms with E-state index in [1.807, 2.05) is 18.9 Å². The van der Waals surface area contributed by atoms with Gasteiger partial charge in [-0.15, -0.1) is 0 Å². The van der Waals surface area contributed by atoms with E-state index < -0.39 is 0 Å². The molecule has 4 heteroatoms. The van der Waals surface area contributed by atoms with E-state index in [9.17, 15) is 4.79 Å². The van der Waals surface area contributed by atoms with Crippen molar-refractivity contribution in [1.29, 1.82) is 0 Å². The molecule has 1 heterocycles. The maximum absolute atomic E-state index is 12.5. The molecule has 1 amide bonds. The van der Waals surface area contributed by atoms with Crippen molar-refractivity contribution < 1.29 is 4.79 Å². The summed E-state index contributed by atoms with van der Waals surface area (Å²) in [6.07, 6.45) is 6.35. The molecule has 4 nitrogen and oxygen atoms in total. The van der Waals surface area contributed by atoms with Gasteiger partial charge < -0.3 is 10.6 Å². The number of amides is 1. The number of nitrogens with zero attached hydrogens (tertiary/aromatic N) is 2. The normalized spacial score (nSPS) is 23.1. The maximum Gasteiger partial charge on any atom is 0.257 e. The highest BCUT2D eigenvalue weighted by Gasteiger charge is 2.29. The molecule has 1 aliphatic carbocycles. The van der Waals surface area contributed by atoms with Crippen LogP contribution < -0.4 is 5.73 Å². The second-order valence-corrected chi connectivity index (χ2v) is 5.66. The molecular formula is C15H23N3O. The van der Waals surface area contributed by atoms with Gasteiger partial charge >= 0.3 is 0 Å². The molecule has 2 N–H and O–H groups in total. The van der Waals surface area contributed by atoms with Crippen LogP contribution in [0.1, 0.15) is 48.7 Å². The molecule has 0 radical (unpaired) electrons. The second kappa shape index (κ2) is 5.59. The van der Waals surface area contributed by atoms with E-state index in [1.165, 1.54) is 19.3 Å². The van der Waals surface area contributed by atoms with Gasteiger partial charge in [0.05, 0.1) is 5.56 Å². The molecule has 0 aliphatic heterocycles. The predicted octanol–water partition coefficient (Wildman–Crippen LogP) is 2.62. The Morgan fingerprint density at radius 3 is 2.74 bits per heavy atom. The van der Waals surface area contributed by atoms with Gasteiger partial charge in [0.25, 0.3) is 5.91 Å². The van der Waals surface area contributed by atoms with E-state index in [4.69, 9.17) is 5.73 Å². The first kappa shape index (κ1) is 13.8. The van der Waals surface area contributed by atoms with Crippen molar-refractivity contribution in [2.75, 3.05) is 12.8 Å². The Morgan fingerprint density at radius 1 is 1.42 bits per heavy atom. The fourth-order valence-electron chi connectivity index (χ4n) is 2.97. The van der Waals surface area contributed by atoms with Gasteiger partial charge in [0.1, 0.15) is 0 Å². The zero-order chi connectivity index (χ0) is 14.0. The second-order valence-electron chi connectivity index (χ2n) is 5.66. The summed E-state index contributed by atoms with van der Waals surface area (Å²) in [6, 6.07) is 2.08. The van der Waals surface area contributed by atoms with Crippen molar-refractivity contribution in [2.45, 2.75) is 45.6 Å². The van der Waals surface area contributed by atoms with Gasteiger partial charge in [-0.3, -0.25) is 9.78 Å². The predicted molar refractivity (Wildman–Crippen MR) is 76.9 cm³/mol. The van der Waals surface area contributed by atoms with Gasteiger partial charge in [-0.1, -0.05) is 19.8 Å². The maximum atomic E-state index is 12.5. The van der Waals surface area contributed by atoms with E-state index in [2.05, 4.69) is 11.9 Å². The quantitative estimate of drug-likeness (QED) is 0.890. The zero-order valence-corrected chi connectivity index (χ0v) is 12.0. The molecule has 2 rings (SSSR count). The van der Waals surface area contributed by atoms with Crippen LogP contribution in [0.25, 0.3) is 0 Å². The molecule has 2 atom stereocenters. The van der Waals surface area contributed by atoms with E-state index in [0.717, 1.165) is 12.1 Å². The van der Waals surface area contributed by atoms with Crippen molar-refractivity contribution in [3.05, 3.63) is 23.5 Å². The van der Waals surface area contributed by atoms with E-state index in [-0.39, 0.29) is 5.91 Å². The Bertz CT molecular complexity index is 472. The number of anilines is 1. The summed E-state index contributed by atoms with van der Waals surface area (Å²) in [5.74, 6) is 0.547. The van der Waals surface area contributed by atoms with Crippen LogP contribution in [0.15, 0.2) is 12.3 Å². The molecule has 0 aromatic carbocycles. The number of aromatic nitrogens is 1. The fourth-order valence-corrected chi connectivity index (χ4v) is 2.97. The molecule has 0 bridgehead atoms. The Balaban J connectivity index is 2.18. The molecule has 0 spiro atoms. The van der Waals surface area contributed by atoms with Gasteiger partial charge in [0.15, 0.2) is 0 Å². The summed E-state index contributed by atoms with van der Waals surface area (Å²) in [4.78, 5) is 18.6. The SMILES string of the molecule is Cc1cc(N)c(C(=O)N(C)C2CCCCC2C)cn1. The van der Waals surface area contributed by atoms with Gasteiger partial charge in [-0.05, 0) is 31.7 Å². The highest BCUT2D eigenvalue weighted by molar-refractivity contribution is 5.98. The largest absolute Gasteiger partial charge is 0.398 e. The Labute approximate surface area is 115 Å². The Hall–Kier alpha value is -1.58. The van der Waals surface area contributed by atoms with Crippen LogP contribution in [0.5, 0.6) is 0 Å². The molecule has 1 aromatic heterocycles. The molecular weight excluding hydrogens is 238 g/mol. The number of rotatable bonds is 2. The minimum absolute atomic E-state index is 0.0104. The molecule has 19 heavy (non-hydrogen) atoms. The third-order valence-corrected chi connectivity index (χ3v) is 4.19. The number of hydrogen-bond donors (Lipinski definition) is 1. The highest BCUT2D eigenvalue weighted by Crippen LogP contribution is 2.28. The van der Waals surface area contributed by atoms with Crippen molar-refractivity contribution in [3.63, 3.8) is 0 Å². The zero-order valence-electron chi connectivity index (χ0n) is 12.0. The molecule has 1 saturated carbocycles. The number of carbonyl (C=O) groups is 1. The third-order valence-electron chi connectivity index (χ3n) is 4.19. The third kappa shape index (κ3) is 2.88. The van der Waals surface area contributed by atoms with Crippen LogP contribution in [-0.4, -0.2) is 28.9 Å². The standard InChI is InChI=1S/C15H23N3O/c1-10-6-4-5-7-14(10)18(3)15(19)12-9-17-11(2)8-13(12)16/h8-10,14H,4-7H2,1-3H3,(H2,16,17). The van der Waals surface area contributed by atoms with Crippen LogP contribution in [-0.2, 0) is 0 Å². The smallest absolute Gasteiger partial charge is 0.257 e. The first-order chi connectivity index (χ1) is 9.00. The molecule has 2 unspecified atom stereocenters. The van der Waals surface area contributed by atoms with Crippen LogP contribution in [0.3, 0.4) is 0 Å². The molecule has 104 valence electrons. The monoisotopic (exact) mass is 261 g/mol. The number of nitrogens with two attached hydrogens (primary N) is 1. The average molecular weight is 261 g/mol. The van der Waals surface area contributed by atoms with Crippen LogP contribution in [0, 0.1) is 12.8 Å². The average Bonchev–Trinajstić information content (AvgIpc) is 2.38. The summed E-state index contributed by atoms with van der Waals surface area (Å²) in [5.41, 5.74) is 7.81. The topological polar surface area (TPSA) is 59.2 Å². The molecule has 1 aliphatic rings. The summed E-state index contributed by atoms with van der Waals surface area (Å²) >= 11 is 0. The van der Waals surface area contributed by atoms with Crippen molar-refractivity contribution >= 4 is 11.6 Å². The Morgan fingerprint density at radius 2 is 2.11 bits per heavy atom. The lowest BCUT2D eigenvalue weighted by Crippen LogP contribution is -2.42. The lowest BCUT2D eigenvalue weighted by atomic mass is 9.85. The lowest BCUT2D eigenvalue weighted by Gasteiger charge is -2.36. The number of aryl methyl sites for hydroxylation is 1. The number of hydrogen-bond acceptors (Lipinski definition) is 3. The van der Waals surface area contributed by atoms with Crippen molar-refractivity contribution in [2.24, 2.45) is 5.92 Å².